The maximum atomic E-state index is 6.19. The van der Waals surface area contributed by atoms with Gasteiger partial charge in [-0.15, -0.1) is 0 Å². The van der Waals surface area contributed by atoms with E-state index in [-0.39, 0.29) is 6.04 Å². The van der Waals surface area contributed by atoms with Crippen molar-refractivity contribution < 1.29 is 0 Å². The minimum atomic E-state index is 0.220. The van der Waals surface area contributed by atoms with Crippen molar-refractivity contribution in [2.75, 3.05) is 7.05 Å². The fourth-order valence-electron chi connectivity index (χ4n) is 2.23. The predicted octanol–water partition coefficient (Wildman–Crippen LogP) is 4.02. The van der Waals surface area contributed by atoms with E-state index in [0.29, 0.717) is 0 Å². The maximum absolute atomic E-state index is 6.19. The van der Waals surface area contributed by atoms with Gasteiger partial charge in [0.05, 0.1) is 16.8 Å². The monoisotopic (exact) mass is 274 g/mol. The molecule has 0 spiro atoms. The Balaban J connectivity index is 1.92. The van der Waals surface area contributed by atoms with Gasteiger partial charge >= 0.3 is 0 Å². The zero-order chi connectivity index (χ0) is 13.5. The number of aryl methyl sites for hydroxylation is 1. The molecule has 100 valence electrons. The van der Waals surface area contributed by atoms with E-state index < -0.39 is 0 Å². The number of rotatable bonds is 6. The molecule has 1 unspecified atom stereocenters. The van der Waals surface area contributed by atoms with Crippen molar-refractivity contribution in [3.05, 3.63) is 64.9 Å². The molecule has 1 atom stereocenters. The smallest absolute Gasteiger partial charge is 0.0758 e. The molecule has 3 heteroatoms. The Labute approximate surface area is 119 Å². The van der Waals surface area contributed by atoms with Crippen LogP contribution >= 0.6 is 11.6 Å². The normalized spacial score (nSPS) is 12.3. The van der Waals surface area contributed by atoms with E-state index in [2.05, 4.69) is 34.6 Å². The predicted molar refractivity (Wildman–Crippen MR) is 80.4 cm³/mol. The van der Waals surface area contributed by atoms with Gasteiger partial charge in [-0.3, -0.25) is 4.98 Å². The Bertz CT molecular complexity index is 499. The molecule has 0 amide bonds. The summed E-state index contributed by atoms with van der Waals surface area (Å²) in [5.74, 6) is 0. The summed E-state index contributed by atoms with van der Waals surface area (Å²) in [6.07, 6.45) is 5.02. The molecule has 1 aromatic heterocycles. The highest BCUT2D eigenvalue weighted by atomic mass is 35.5. The Morgan fingerprint density at radius 3 is 2.63 bits per heavy atom. The summed E-state index contributed by atoms with van der Waals surface area (Å²) >= 11 is 6.19. The molecule has 1 aromatic carbocycles. The molecule has 19 heavy (non-hydrogen) atoms. The third kappa shape index (κ3) is 4.05. The number of pyridine rings is 1. The van der Waals surface area contributed by atoms with Gasteiger partial charge in [0.1, 0.15) is 0 Å². The van der Waals surface area contributed by atoms with E-state index >= 15 is 0 Å². The molecule has 0 bridgehead atoms. The van der Waals surface area contributed by atoms with E-state index in [4.69, 9.17) is 11.6 Å². The molecule has 0 aliphatic rings. The molecule has 0 aliphatic heterocycles. The molecule has 1 heterocycles. The molecule has 0 saturated carbocycles. The third-order valence-electron chi connectivity index (χ3n) is 3.27. The van der Waals surface area contributed by atoms with Gasteiger partial charge in [0, 0.05) is 6.20 Å². The largest absolute Gasteiger partial charge is 0.312 e. The van der Waals surface area contributed by atoms with Crippen molar-refractivity contribution >= 4 is 11.6 Å². The SMILES string of the molecule is CNC(CCCc1ccccc1)c1ncccc1Cl. The number of hydrogen-bond donors (Lipinski definition) is 1. The number of aromatic nitrogens is 1. The zero-order valence-corrected chi connectivity index (χ0v) is 11.9. The van der Waals surface area contributed by atoms with E-state index in [9.17, 15) is 0 Å². The zero-order valence-electron chi connectivity index (χ0n) is 11.1. The fraction of sp³-hybridized carbons (Fsp3) is 0.312. The highest BCUT2D eigenvalue weighted by Crippen LogP contribution is 2.24. The lowest BCUT2D eigenvalue weighted by atomic mass is 10.0. The van der Waals surface area contributed by atoms with Gasteiger partial charge in [-0.2, -0.15) is 0 Å². The van der Waals surface area contributed by atoms with Crippen LogP contribution in [0.2, 0.25) is 5.02 Å². The molecular weight excluding hydrogens is 256 g/mol. The third-order valence-corrected chi connectivity index (χ3v) is 3.59. The summed E-state index contributed by atoms with van der Waals surface area (Å²) in [6.45, 7) is 0. The van der Waals surface area contributed by atoms with Crippen molar-refractivity contribution in [3.8, 4) is 0 Å². The highest BCUT2D eigenvalue weighted by Gasteiger charge is 2.13. The fourth-order valence-corrected chi connectivity index (χ4v) is 2.48. The lowest BCUT2D eigenvalue weighted by molar-refractivity contribution is 0.515. The topological polar surface area (TPSA) is 24.9 Å². The van der Waals surface area contributed by atoms with Crippen molar-refractivity contribution in [1.29, 1.82) is 0 Å². The molecule has 2 rings (SSSR count). The maximum Gasteiger partial charge on any atom is 0.0758 e. The second-order valence-corrected chi connectivity index (χ2v) is 5.00. The second kappa shape index (κ2) is 7.27. The summed E-state index contributed by atoms with van der Waals surface area (Å²) in [4.78, 5) is 4.38. The molecule has 0 saturated heterocycles. The number of nitrogens with one attached hydrogen (secondary N) is 1. The summed E-state index contributed by atoms with van der Waals surface area (Å²) in [7, 11) is 1.96. The Hall–Kier alpha value is -1.38. The lowest BCUT2D eigenvalue weighted by Crippen LogP contribution is -2.18. The summed E-state index contributed by atoms with van der Waals surface area (Å²) in [6, 6.07) is 14.5. The van der Waals surface area contributed by atoms with Crippen LogP contribution in [0.3, 0.4) is 0 Å². The van der Waals surface area contributed by atoms with Crippen LogP contribution in [0, 0.1) is 0 Å². The van der Waals surface area contributed by atoms with Gasteiger partial charge in [-0.25, -0.2) is 0 Å². The van der Waals surface area contributed by atoms with E-state index in [1.807, 2.05) is 25.2 Å². The van der Waals surface area contributed by atoms with Crippen molar-refractivity contribution in [3.63, 3.8) is 0 Å². The van der Waals surface area contributed by atoms with Crippen LogP contribution in [0.4, 0.5) is 0 Å². The Morgan fingerprint density at radius 1 is 1.16 bits per heavy atom. The summed E-state index contributed by atoms with van der Waals surface area (Å²) in [5, 5.41) is 4.04. The summed E-state index contributed by atoms with van der Waals surface area (Å²) < 4.78 is 0. The van der Waals surface area contributed by atoms with E-state index in [1.165, 1.54) is 5.56 Å². The van der Waals surface area contributed by atoms with Crippen LogP contribution in [0.25, 0.3) is 0 Å². The van der Waals surface area contributed by atoms with Crippen molar-refractivity contribution in [2.24, 2.45) is 0 Å². The van der Waals surface area contributed by atoms with Gasteiger partial charge in [0.15, 0.2) is 0 Å². The van der Waals surface area contributed by atoms with Gasteiger partial charge in [0.25, 0.3) is 0 Å². The van der Waals surface area contributed by atoms with Crippen LogP contribution in [-0.4, -0.2) is 12.0 Å². The minimum Gasteiger partial charge on any atom is -0.312 e. The van der Waals surface area contributed by atoms with Crippen LogP contribution in [0.1, 0.15) is 30.1 Å². The highest BCUT2D eigenvalue weighted by molar-refractivity contribution is 6.31. The first-order valence-corrected chi connectivity index (χ1v) is 7.00. The van der Waals surface area contributed by atoms with Crippen LogP contribution in [0.15, 0.2) is 48.7 Å². The average molecular weight is 275 g/mol. The number of benzene rings is 1. The number of nitrogens with zero attached hydrogens (tertiary/aromatic N) is 1. The van der Waals surface area contributed by atoms with Gasteiger partial charge in [-0.05, 0) is 44.0 Å². The number of halogens is 1. The second-order valence-electron chi connectivity index (χ2n) is 4.59. The standard InChI is InChI=1S/C16H19ClN2/c1-18-15(16-14(17)10-6-12-19-16)11-5-9-13-7-3-2-4-8-13/h2-4,6-8,10,12,15,18H,5,9,11H2,1H3. The van der Waals surface area contributed by atoms with Gasteiger partial charge in [-0.1, -0.05) is 41.9 Å². The molecule has 2 nitrogen and oxygen atoms in total. The average Bonchev–Trinajstić information content (AvgIpc) is 2.46. The van der Waals surface area contributed by atoms with Crippen LogP contribution in [0.5, 0.6) is 0 Å². The molecule has 2 aromatic rings. The molecule has 0 radical (unpaired) electrons. The Kier molecular flexibility index (Phi) is 5.37. The minimum absolute atomic E-state index is 0.220. The lowest BCUT2D eigenvalue weighted by Gasteiger charge is -2.16. The molecular formula is C16H19ClN2. The van der Waals surface area contributed by atoms with Gasteiger partial charge < -0.3 is 5.32 Å². The summed E-state index contributed by atoms with van der Waals surface area (Å²) in [5.41, 5.74) is 2.32. The first-order valence-electron chi connectivity index (χ1n) is 6.63. The van der Waals surface area contributed by atoms with Crippen LogP contribution in [-0.2, 0) is 6.42 Å². The first kappa shape index (κ1) is 14.0. The molecule has 1 N–H and O–H groups in total. The Morgan fingerprint density at radius 2 is 1.95 bits per heavy atom. The first-order chi connectivity index (χ1) is 9.31. The number of hydrogen-bond acceptors (Lipinski definition) is 2. The van der Waals surface area contributed by atoms with E-state index in [0.717, 1.165) is 30.0 Å². The van der Waals surface area contributed by atoms with Crippen molar-refractivity contribution in [1.82, 2.24) is 10.3 Å². The van der Waals surface area contributed by atoms with Crippen LogP contribution < -0.4 is 5.32 Å². The van der Waals surface area contributed by atoms with Crippen molar-refractivity contribution in [2.45, 2.75) is 25.3 Å². The quantitative estimate of drug-likeness (QED) is 0.861. The molecule has 0 aliphatic carbocycles. The van der Waals surface area contributed by atoms with E-state index in [1.54, 1.807) is 6.20 Å². The van der Waals surface area contributed by atoms with Gasteiger partial charge in [0.2, 0.25) is 0 Å². The molecule has 0 fully saturated rings.